The van der Waals surface area contributed by atoms with E-state index in [0.29, 0.717) is 17.2 Å². The van der Waals surface area contributed by atoms with E-state index in [-0.39, 0.29) is 24.7 Å². The lowest BCUT2D eigenvalue weighted by atomic mass is 10.1. The molecule has 0 unspecified atom stereocenters. The first-order chi connectivity index (χ1) is 16.1. The molecule has 4 rings (SSSR count). The Morgan fingerprint density at radius 1 is 0.879 bits per heavy atom. The number of carbonyl (C=O) groups excluding carboxylic acids is 1. The van der Waals surface area contributed by atoms with Crippen LogP contribution in [0.4, 0.5) is 5.82 Å². The average Bonchev–Trinajstić information content (AvgIpc) is 2.85. The number of rotatable bonds is 7. The zero-order chi connectivity index (χ0) is 23.0. The van der Waals surface area contributed by atoms with Crippen molar-refractivity contribution < 1.29 is 15.0 Å². The molecule has 0 saturated heterocycles. The van der Waals surface area contributed by atoms with Crippen LogP contribution in [-0.2, 0) is 17.8 Å². The second-order valence-electron chi connectivity index (χ2n) is 7.48. The van der Waals surface area contributed by atoms with Gasteiger partial charge in [-0.2, -0.15) is 0 Å². The third kappa shape index (κ3) is 5.90. The number of phenolic OH excluding ortho intramolecular Hbond substituents is 1. The summed E-state index contributed by atoms with van der Waals surface area (Å²) in [6, 6.07) is 23.7. The van der Waals surface area contributed by atoms with Crippen molar-refractivity contribution in [2.45, 2.75) is 13.0 Å². The van der Waals surface area contributed by atoms with Crippen LogP contribution in [0, 0.1) is 0 Å². The number of nitrogens with one attached hydrogen (secondary N) is 1. The minimum absolute atomic E-state index is 0.0248. The van der Waals surface area contributed by atoms with Gasteiger partial charge >= 0.3 is 0 Å². The molecular formula is C27H23N3O3. The van der Waals surface area contributed by atoms with E-state index in [2.05, 4.69) is 10.3 Å². The molecule has 0 spiro atoms. The van der Waals surface area contributed by atoms with Gasteiger partial charge in [0.15, 0.2) is 5.82 Å². The minimum Gasteiger partial charge on any atom is -0.508 e. The van der Waals surface area contributed by atoms with E-state index in [4.69, 9.17) is 4.98 Å². The number of phenols is 1. The van der Waals surface area contributed by atoms with Gasteiger partial charge in [0.25, 0.3) is 0 Å². The van der Waals surface area contributed by atoms with Gasteiger partial charge in [0.1, 0.15) is 11.4 Å². The van der Waals surface area contributed by atoms with Crippen molar-refractivity contribution in [3.05, 3.63) is 107 Å². The number of aliphatic hydroxyl groups is 1. The van der Waals surface area contributed by atoms with Gasteiger partial charge in [-0.15, -0.1) is 0 Å². The summed E-state index contributed by atoms with van der Waals surface area (Å²) in [5, 5.41) is 21.5. The summed E-state index contributed by atoms with van der Waals surface area (Å²) >= 11 is 0. The molecule has 0 radical (unpaired) electrons. The summed E-state index contributed by atoms with van der Waals surface area (Å²) in [4.78, 5) is 21.8. The molecule has 6 nitrogen and oxygen atoms in total. The fourth-order valence-electron chi connectivity index (χ4n) is 3.25. The second-order valence-corrected chi connectivity index (χ2v) is 7.48. The number of nitrogens with zero attached hydrogens (tertiary/aromatic N) is 2. The van der Waals surface area contributed by atoms with Crippen LogP contribution in [0.15, 0.2) is 85.1 Å². The van der Waals surface area contributed by atoms with E-state index in [1.165, 1.54) is 0 Å². The molecule has 0 aliphatic rings. The predicted octanol–water partition coefficient (Wildman–Crippen LogP) is 4.69. The maximum absolute atomic E-state index is 12.6. The largest absolute Gasteiger partial charge is 0.508 e. The van der Waals surface area contributed by atoms with Crippen molar-refractivity contribution in [3.8, 4) is 17.0 Å². The van der Waals surface area contributed by atoms with Gasteiger partial charge in [-0.3, -0.25) is 4.79 Å². The first-order valence-corrected chi connectivity index (χ1v) is 10.5. The Hall–Kier alpha value is -4.29. The molecule has 4 aromatic rings. The number of aliphatic hydroxyl groups excluding tert-OH is 1. The smallest absolute Gasteiger partial charge is 0.230 e. The van der Waals surface area contributed by atoms with Crippen LogP contribution in [0.2, 0.25) is 0 Å². The molecule has 0 aliphatic carbocycles. The lowest BCUT2D eigenvalue weighted by molar-refractivity contribution is -0.115. The highest BCUT2D eigenvalue weighted by Crippen LogP contribution is 2.22. The average molecular weight is 437 g/mol. The van der Waals surface area contributed by atoms with Gasteiger partial charge in [0.05, 0.1) is 24.9 Å². The number of benzene rings is 3. The molecule has 164 valence electrons. The zero-order valence-electron chi connectivity index (χ0n) is 17.8. The maximum Gasteiger partial charge on any atom is 0.230 e. The summed E-state index contributed by atoms with van der Waals surface area (Å²) in [5.74, 6) is 0.284. The highest BCUT2D eigenvalue weighted by molar-refractivity contribution is 5.93. The summed E-state index contributed by atoms with van der Waals surface area (Å²) in [6.45, 7) is -0.0248. The van der Waals surface area contributed by atoms with Crippen molar-refractivity contribution in [1.82, 2.24) is 9.97 Å². The van der Waals surface area contributed by atoms with Crippen molar-refractivity contribution in [2.24, 2.45) is 0 Å². The van der Waals surface area contributed by atoms with Crippen LogP contribution >= 0.6 is 0 Å². The van der Waals surface area contributed by atoms with E-state index in [1.54, 1.807) is 30.5 Å². The molecule has 1 aromatic heterocycles. The Morgan fingerprint density at radius 3 is 2.27 bits per heavy atom. The van der Waals surface area contributed by atoms with Crippen LogP contribution in [0.3, 0.4) is 0 Å². The normalized spacial score (nSPS) is 10.9. The molecule has 0 aliphatic heterocycles. The number of hydrogen-bond acceptors (Lipinski definition) is 5. The van der Waals surface area contributed by atoms with Gasteiger partial charge in [-0.05, 0) is 34.9 Å². The summed E-state index contributed by atoms with van der Waals surface area (Å²) in [7, 11) is 0. The molecule has 1 amide bonds. The van der Waals surface area contributed by atoms with E-state index >= 15 is 0 Å². The molecule has 0 fully saturated rings. The number of amides is 1. The molecule has 3 N–H and O–H groups in total. The van der Waals surface area contributed by atoms with Crippen LogP contribution in [0.25, 0.3) is 23.4 Å². The van der Waals surface area contributed by atoms with Crippen LogP contribution in [-0.4, -0.2) is 26.1 Å². The van der Waals surface area contributed by atoms with Crippen molar-refractivity contribution >= 4 is 23.9 Å². The molecule has 1 heterocycles. The highest BCUT2D eigenvalue weighted by Gasteiger charge is 2.11. The number of aromatic nitrogens is 2. The zero-order valence-corrected chi connectivity index (χ0v) is 17.8. The maximum atomic E-state index is 12.6. The fraction of sp³-hybridized carbons (Fsp3) is 0.0741. The summed E-state index contributed by atoms with van der Waals surface area (Å²) in [6.07, 6.45) is 5.50. The van der Waals surface area contributed by atoms with E-state index < -0.39 is 0 Å². The van der Waals surface area contributed by atoms with Crippen LogP contribution in [0.5, 0.6) is 5.75 Å². The Kier molecular flexibility index (Phi) is 6.87. The van der Waals surface area contributed by atoms with Gasteiger partial charge < -0.3 is 15.5 Å². The van der Waals surface area contributed by atoms with Gasteiger partial charge in [0, 0.05) is 5.56 Å². The summed E-state index contributed by atoms with van der Waals surface area (Å²) < 4.78 is 0. The highest BCUT2D eigenvalue weighted by atomic mass is 16.3. The number of carbonyl (C=O) groups is 1. The monoisotopic (exact) mass is 437 g/mol. The van der Waals surface area contributed by atoms with E-state index in [0.717, 1.165) is 22.3 Å². The minimum atomic E-state index is -0.232. The standard InChI is InChI=1S/C27H23N3O3/c31-18-21-6-11-22(12-7-21)25-17-28-27(24(29-25)15-10-19-4-2-1-3-5-19)30-26(33)16-20-8-13-23(32)14-9-20/h1-15,17,31-32H,16,18H2,(H,28,30,33). The molecule has 3 aromatic carbocycles. The SMILES string of the molecule is O=C(Cc1ccc(O)cc1)Nc1ncc(-c2ccc(CO)cc2)nc1C=Cc1ccccc1. The summed E-state index contributed by atoms with van der Waals surface area (Å²) in [5.41, 5.74) is 4.63. The topological polar surface area (TPSA) is 95.3 Å². The van der Waals surface area contributed by atoms with Crippen molar-refractivity contribution in [1.29, 1.82) is 0 Å². The van der Waals surface area contributed by atoms with Crippen LogP contribution in [0.1, 0.15) is 22.4 Å². The van der Waals surface area contributed by atoms with Gasteiger partial charge in [0.2, 0.25) is 5.91 Å². The Morgan fingerprint density at radius 2 is 1.58 bits per heavy atom. The third-order valence-corrected chi connectivity index (χ3v) is 5.02. The Balaban J connectivity index is 1.61. The fourth-order valence-corrected chi connectivity index (χ4v) is 3.25. The lowest BCUT2D eigenvalue weighted by Crippen LogP contribution is -2.16. The molecule has 0 atom stereocenters. The van der Waals surface area contributed by atoms with Gasteiger partial charge in [-0.1, -0.05) is 72.8 Å². The quantitative estimate of drug-likeness (QED) is 0.390. The molecule has 6 heteroatoms. The molecular weight excluding hydrogens is 414 g/mol. The second kappa shape index (κ2) is 10.3. The van der Waals surface area contributed by atoms with Crippen molar-refractivity contribution in [2.75, 3.05) is 5.32 Å². The van der Waals surface area contributed by atoms with Gasteiger partial charge in [-0.25, -0.2) is 9.97 Å². The molecule has 0 bridgehead atoms. The first kappa shape index (κ1) is 21.9. The molecule has 33 heavy (non-hydrogen) atoms. The molecule has 0 saturated carbocycles. The number of hydrogen-bond donors (Lipinski definition) is 3. The first-order valence-electron chi connectivity index (χ1n) is 10.5. The van der Waals surface area contributed by atoms with Crippen molar-refractivity contribution in [3.63, 3.8) is 0 Å². The Bertz CT molecular complexity index is 1250. The third-order valence-electron chi connectivity index (χ3n) is 5.02. The lowest BCUT2D eigenvalue weighted by Gasteiger charge is -2.10. The Labute approximate surface area is 191 Å². The van der Waals surface area contributed by atoms with Crippen LogP contribution < -0.4 is 5.32 Å². The van der Waals surface area contributed by atoms with E-state index in [1.807, 2.05) is 66.7 Å². The van der Waals surface area contributed by atoms with E-state index in [9.17, 15) is 15.0 Å². The predicted molar refractivity (Wildman–Crippen MR) is 129 cm³/mol. The number of anilines is 1. The number of aromatic hydroxyl groups is 1.